The molecule has 0 unspecified atom stereocenters. The van der Waals surface area contributed by atoms with Crippen molar-refractivity contribution in [3.05, 3.63) is 248 Å². The molecule has 6 aromatic carbocycles. The standard InChI is InChI=1S/C37H39ClN2O5.C31H31ClN2O4.C6H9ClO/c1-2-43-33-17-12-28(13-18-33)26-45-37(42)31-15-10-27(11-16-31)25-44-35-19-14-29(23-34(35)38)24-40(36(41)30-7-3-4-8-30)22-20-32-9-5-6-21-39-32;1-2-36-28-13-8-24(9-14-28)22-38-31(35)26-11-6-23(7-12-26)21-37-30-15-10-25(19-29(30)32)20-33-18-16-27-5-3-4-17-34-27;7-6(8)5-3-1-2-4-5/h5-6,9-19,21,23,30H,2-4,7-8,20,22,24-26H2,1H3;3-15,17,19,33H,2,16,18,20-22H2,1H3;5H,1-4H2. The average molecular weight is 1290 g/mol. The zero-order valence-electron chi connectivity index (χ0n) is 51.7. The first-order valence-electron chi connectivity index (χ1n) is 31.2. The minimum atomic E-state index is -0.393. The molecule has 10 rings (SSSR count). The molecule has 17 heteroatoms. The lowest BCUT2D eigenvalue weighted by molar-refractivity contribution is -0.136. The molecule has 0 spiro atoms. The molecule has 0 bridgehead atoms. The van der Waals surface area contributed by atoms with Gasteiger partial charge in [-0.25, -0.2) is 9.59 Å². The predicted octanol–water partition coefficient (Wildman–Crippen LogP) is 16.2. The number of hydrogen-bond acceptors (Lipinski definition) is 13. The molecule has 91 heavy (non-hydrogen) atoms. The van der Waals surface area contributed by atoms with E-state index < -0.39 is 5.97 Å². The molecule has 476 valence electrons. The first kappa shape index (κ1) is 68.6. The number of amides is 1. The van der Waals surface area contributed by atoms with E-state index in [9.17, 15) is 19.2 Å². The van der Waals surface area contributed by atoms with E-state index >= 15 is 0 Å². The Kier molecular flexibility index (Phi) is 28.0. The number of aromatic nitrogens is 2. The van der Waals surface area contributed by atoms with Crippen LogP contribution in [-0.4, -0.2) is 64.3 Å². The molecule has 2 fully saturated rings. The van der Waals surface area contributed by atoms with Crippen LogP contribution in [-0.2, 0) is 71.4 Å². The van der Waals surface area contributed by atoms with Crippen molar-refractivity contribution in [1.82, 2.24) is 20.2 Å². The molecule has 0 radical (unpaired) electrons. The number of nitrogens with one attached hydrogen (secondary N) is 1. The molecule has 1 amide bonds. The first-order chi connectivity index (χ1) is 44.4. The van der Waals surface area contributed by atoms with E-state index in [0.717, 1.165) is 108 Å². The Morgan fingerprint density at radius 2 is 0.923 bits per heavy atom. The van der Waals surface area contributed by atoms with Gasteiger partial charge in [0.1, 0.15) is 49.4 Å². The number of carbonyl (C=O) groups is 4. The van der Waals surface area contributed by atoms with Gasteiger partial charge < -0.3 is 38.6 Å². The quantitative estimate of drug-likeness (QED) is 0.0280. The van der Waals surface area contributed by atoms with Crippen molar-refractivity contribution in [2.75, 3.05) is 26.3 Å². The molecule has 2 heterocycles. The normalized spacial score (nSPS) is 12.8. The van der Waals surface area contributed by atoms with Gasteiger partial charge in [-0.1, -0.05) is 122 Å². The lowest BCUT2D eigenvalue weighted by atomic mass is 10.1. The van der Waals surface area contributed by atoms with Gasteiger partial charge in [-0.05, 0) is 182 Å². The number of esters is 2. The van der Waals surface area contributed by atoms with Crippen molar-refractivity contribution >= 4 is 57.9 Å². The molecular weight excluding hydrogens is 1210 g/mol. The topological polar surface area (TPSA) is 165 Å². The third kappa shape index (κ3) is 23.2. The summed E-state index contributed by atoms with van der Waals surface area (Å²) in [5.74, 6) is 2.48. The molecule has 14 nitrogen and oxygen atoms in total. The molecular formula is C74H79Cl3N4O10. The number of hydrogen-bond donors (Lipinski definition) is 1. The second kappa shape index (κ2) is 37.2. The van der Waals surface area contributed by atoms with E-state index in [4.69, 9.17) is 63.2 Å². The van der Waals surface area contributed by atoms with Crippen LogP contribution >= 0.6 is 34.8 Å². The van der Waals surface area contributed by atoms with E-state index in [0.29, 0.717) is 78.5 Å². The highest BCUT2D eigenvalue weighted by Crippen LogP contribution is 2.31. The summed E-state index contributed by atoms with van der Waals surface area (Å²) in [6, 6.07) is 52.5. The highest BCUT2D eigenvalue weighted by atomic mass is 35.5. The van der Waals surface area contributed by atoms with E-state index in [-0.39, 0.29) is 48.8 Å². The summed E-state index contributed by atoms with van der Waals surface area (Å²) in [6.45, 7) is 8.72. The maximum atomic E-state index is 13.4. The molecule has 2 aromatic heterocycles. The Bertz CT molecular complexity index is 3520. The van der Waals surface area contributed by atoms with Gasteiger partial charge in [0.25, 0.3) is 0 Å². The van der Waals surface area contributed by atoms with Crippen LogP contribution in [0, 0.1) is 11.8 Å². The van der Waals surface area contributed by atoms with Crippen molar-refractivity contribution in [3.63, 3.8) is 0 Å². The van der Waals surface area contributed by atoms with Gasteiger partial charge in [0, 0.05) is 74.6 Å². The maximum Gasteiger partial charge on any atom is 0.338 e. The van der Waals surface area contributed by atoms with Crippen molar-refractivity contribution in [2.24, 2.45) is 11.8 Å². The lowest BCUT2D eigenvalue weighted by Crippen LogP contribution is -2.36. The Balaban J connectivity index is 0.000000211. The van der Waals surface area contributed by atoms with E-state index in [1.165, 1.54) is 12.8 Å². The van der Waals surface area contributed by atoms with Gasteiger partial charge in [-0.2, -0.15) is 0 Å². The summed E-state index contributed by atoms with van der Waals surface area (Å²) in [7, 11) is 0. The molecule has 0 aliphatic heterocycles. The minimum absolute atomic E-state index is 0.0957. The molecule has 2 saturated carbocycles. The zero-order chi connectivity index (χ0) is 64.0. The molecule has 2 aliphatic carbocycles. The number of carbonyl (C=O) groups excluding carboxylic acids is 4. The third-order valence-electron chi connectivity index (χ3n) is 15.4. The average Bonchev–Trinajstić information content (AvgIpc) is 4.25. The van der Waals surface area contributed by atoms with Crippen molar-refractivity contribution < 1.29 is 47.6 Å². The van der Waals surface area contributed by atoms with Gasteiger partial charge in [0.2, 0.25) is 11.1 Å². The van der Waals surface area contributed by atoms with E-state index in [1.807, 2.05) is 171 Å². The Hall–Kier alpha value is -8.27. The Morgan fingerprint density at radius 3 is 1.36 bits per heavy atom. The van der Waals surface area contributed by atoms with Crippen LogP contribution in [0.4, 0.5) is 0 Å². The van der Waals surface area contributed by atoms with Crippen LogP contribution in [0.25, 0.3) is 0 Å². The second-order valence-corrected chi connectivity index (χ2v) is 23.3. The van der Waals surface area contributed by atoms with Gasteiger partial charge in [0.05, 0.1) is 34.4 Å². The van der Waals surface area contributed by atoms with Crippen molar-refractivity contribution in [3.8, 4) is 23.0 Å². The van der Waals surface area contributed by atoms with Gasteiger partial charge in [0.15, 0.2) is 0 Å². The summed E-state index contributed by atoms with van der Waals surface area (Å²) in [6.07, 6.45) is 13.7. The molecule has 8 aromatic rings. The molecule has 2 aliphatic rings. The second-order valence-electron chi connectivity index (χ2n) is 22.2. The van der Waals surface area contributed by atoms with E-state index in [2.05, 4.69) is 15.3 Å². The lowest BCUT2D eigenvalue weighted by Gasteiger charge is -2.26. The highest BCUT2D eigenvalue weighted by molar-refractivity contribution is 6.64. The maximum absolute atomic E-state index is 13.4. The van der Waals surface area contributed by atoms with Crippen LogP contribution in [0.15, 0.2) is 182 Å². The van der Waals surface area contributed by atoms with Gasteiger partial charge in [-0.3, -0.25) is 19.6 Å². The van der Waals surface area contributed by atoms with Crippen LogP contribution in [0.3, 0.4) is 0 Å². The summed E-state index contributed by atoms with van der Waals surface area (Å²) in [4.78, 5) is 59.5. The molecule has 0 atom stereocenters. The van der Waals surface area contributed by atoms with Crippen LogP contribution < -0.4 is 24.3 Å². The Morgan fingerprint density at radius 1 is 0.495 bits per heavy atom. The summed E-state index contributed by atoms with van der Waals surface area (Å²) < 4.78 is 33.7. The smallest absolute Gasteiger partial charge is 0.338 e. The van der Waals surface area contributed by atoms with Crippen LogP contribution in [0.5, 0.6) is 23.0 Å². The summed E-state index contributed by atoms with van der Waals surface area (Å²) >= 11 is 18.3. The van der Waals surface area contributed by atoms with Gasteiger partial charge in [-0.15, -0.1) is 0 Å². The van der Waals surface area contributed by atoms with Crippen molar-refractivity contribution in [2.45, 2.75) is 118 Å². The monoisotopic (exact) mass is 1290 g/mol. The minimum Gasteiger partial charge on any atom is -0.494 e. The number of pyridine rings is 2. The van der Waals surface area contributed by atoms with Crippen LogP contribution in [0.2, 0.25) is 10.0 Å². The SMILES string of the molecule is CCOc1ccc(COC(=O)c2ccc(COc3ccc(CN(CCc4ccccn4)C(=O)C4CCCC4)cc3Cl)cc2)cc1.CCOc1ccc(COC(=O)c2ccc(COc3ccc(CNCCc4ccccn4)cc3Cl)cc2)cc1.O=C(Cl)C1CCCC1. The number of nitrogens with zero attached hydrogens (tertiary/aromatic N) is 3. The predicted molar refractivity (Wildman–Crippen MR) is 356 cm³/mol. The fourth-order valence-electron chi connectivity index (χ4n) is 10.4. The Labute approximate surface area is 549 Å². The van der Waals surface area contributed by atoms with Gasteiger partial charge >= 0.3 is 11.9 Å². The zero-order valence-corrected chi connectivity index (χ0v) is 53.9. The number of ether oxygens (including phenoxy) is 6. The summed E-state index contributed by atoms with van der Waals surface area (Å²) in [5.41, 5.74) is 8.61. The number of rotatable bonds is 28. The first-order valence-corrected chi connectivity index (χ1v) is 32.3. The third-order valence-corrected chi connectivity index (χ3v) is 16.3. The van der Waals surface area contributed by atoms with Crippen LogP contribution in [0.1, 0.15) is 131 Å². The van der Waals surface area contributed by atoms with Crippen molar-refractivity contribution in [1.29, 1.82) is 0 Å². The number of benzene rings is 6. The fourth-order valence-corrected chi connectivity index (χ4v) is 11.1. The molecule has 0 saturated heterocycles. The molecule has 1 N–H and O–H groups in total. The largest absolute Gasteiger partial charge is 0.494 e. The van der Waals surface area contributed by atoms with E-state index in [1.54, 1.807) is 30.5 Å². The summed E-state index contributed by atoms with van der Waals surface area (Å²) in [5, 5.41) is 4.32. The highest BCUT2D eigenvalue weighted by Gasteiger charge is 2.28. The fraction of sp³-hybridized carbons (Fsp3) is 0.324. The number of halogens is 3.